The first kappa shape index (κ1) is 8.71. The average molecular weight is 196 g/mol. The van der Waals surface area contributed by atoms with Gasteiger partial charge in [-0.1, -0.05) is 6.07 Å². The van der Waals surface area contributed by atoms with E-state index in [4.69, 9.17) is 14.9 Å². The molecule has 1 heterocycles. The maximum Gasteiger partial charge on any atom is 0.259 e. The molecule has 74 valence electrons. The highest BCUT2D eigenvalue weighted by Crippen LogP contribution is 2.38. The highest BCUT2D eigenvalue weighted by atomic mass is 16.6. The number of aliphatic hydroxyl groups is 3. The summed E-state index contributed by atoms with van der Waals surface area (Å²) < 4.78 is 4.82. The number of ether oxygens (including phenoxy) is 1. The number of hydrogen-bond donors (Lipinski definition) is 4. The Balaban J connectivity index is 2.67. The van der Waals surface area contributed by atoms with Crippen molar-refractivity contribution in [1.82, 2.24) is 0 Å². The number of phenols is 1. The zero-order chi connectivity index (χ0) is 10.3. The van der Waals surface area contributed by atoms with Crippen molar-refractivity contribution in [3.05, 3.63) is 29.5 Å². The Morgan fingerprint density at radius 3 is 2.57 bits per heavy atom. The molecule has 0 aliphatic carbocycles. The van der Waals surface area contributed by atoms with Crippen LogP contribution >= 0.6 is 0 Å². The second kappa shape index (κ2) is 2.81. The molecule has 5 heteroatoms. The number of benzene rings is 1. The first-order chi connectivity index (χ1) is 6.61. The van der Waals surface area contributed by atoms with E-state index in [1.165, 1.54) is 18.2 Å². The van der Waals surface area contributed by atoms with Gasteiger partial charge in [-0.25, -0.2) is 0 Å². The van der Waals surface area contributed by atoms with Gasteiger partial charge in [-0.2, -0.15) is 0 Å². The van der Waals surface area contributed by atoms with Crippen LogP contribution in [-0.2, 0) is 0 Å². The molecule has 0 saturated carbocycles. The Morgan fingerprint density at radius 2 is 1.86 bits per heavy atom. The fourth-order valence-corrected chi connectivity index (χ4v) is 1.28. The summed E-state index contributed by atoms with van der Waals surface area (Å²) in [6.07, 6.45) is -1.59. The molecule has 4 N–H and O–H groups in total. The lowest BCUT2D eigenvalue weighted by Crippen LogP contribution is -2.24. The minimum atomic E-state index is -1.59. The van der Waals surface area contributed by atoms with Gasteiger partial charge in [0.05, 0.1) is 0 Å². The van der Waals surface area contributed by atoms with Gasteiger partial charge in [-0.05, 0) is 12.1 Å². The second-order valence-electron chi connectivity index (χ2n) is 2.85. The van der Waals surface area contributed by atoms with Crippen molar-refractivity contribution < 1.29 is 25.2 Å². The van der Waals surface area contributed by atoms with Crippen LogP contribution in [0.5, 0.6) is 11.5 Å². The maximum atomic E-state index is 9.41. The van der Waals surface area contributed by atoms with Gasteiger partial charge in [0, 0.05) is 0 Å². The molecule has 0 aromatic heterocycles. The van der Waals surface area contributed by atoms with Crippen molar-refractivity contribution in [2.24, 2.45) is 0 Å². The molecule has 2 rings (SSSR count). The molecular formula is C9H8O5. The molecule has 1 atom stereocenters. The molecule has 0 spiro atoms. The molecule has 0 fully saturated rings. The summed E-state index contributed by atoms with van der Waals surface area (Å²) in [5, 5.41) is 37.0. The summed E-state index contributed by atoms with van der Waals surface area (Å²) in [6, 6.07) is 4.29. The summed E-state index contributed by atoms with van der Waals surface area (Å²) in [5.74, 6) is -1.39. The topological polar surface area (TPSA) is 90.2 Å². The van der Waals surface area contributed by atoms with Crippen LogP contribution < -0.4 is 4.74 Å². The van der Waals surface area contributed by atoms with Crippen LogP contribution in [0.15, 0.2) is 24.0 Å². The summed E-state index contributed by atoms with van der Waals surface area (Å²) in [5.41, 5.74) is -0.0182. The smallest absolute Gasteiger partial charge is 0.259 e. The monoisotopic (exact) mass is 196 g/mol. The van der Waals surface area contributed by atoms with Crippen LogP contribution in [0.25, 0.3) is 5.76 Å². The molecule has 1 aliphatic heterocycles. The van der Waals surface area contributed by atoms with Crippen molar-refractivity contribution in [3.8, 4) is 11.5 Å². The van der Waals surface area contributed by atoms with E-state index in [0.29, 0.717) is 0 Å². The lowest BCUT2D eigenvalue weighted by atomic mass is 10.1. The standard InChI is InChI=1S/C9H8O5/c10-4-2-1-3-5-6(4)7(11)8(12)9(13)14-5/h1-3,9-13H. The van der Waals surface area contributed by atoms with E-state index < -0.39 is 17.8 Å². The van der Waals surface area contributed by atoms with Crippen molar-refractivity contribution in [3.63, 3.8) is 0 Å². The van der Waals surface area contributed by atoms with Gasteiger partial charge in [0.1, 0.15) is 17.1 Å². The molecule has 0 amide bonds. The quantitative estimate of drug-likeness (QED) is 0.494. The van der Waals surface area contributed by atoms with Gasteiger partial charge in [0.15, 0.2) is 5.76 Å². The predicted octanol–water partition coefficient (Wildman–Crippen LogP) is 0.888. The number of hydrogen-bond acceptors (Lipinski definition) is 5. The van der Waals surface area contributed by atoms with Gasteiger partial charge < -0.3 is 25.2 Å². The summed E-state index contributed by atoms with van der Waals surface area (Å²) >= 11 is 0. The van der Waals surface area contributed by atoms with Crippen molar-refractivity contribution in [2.75, 3.05) is 0 Å². The minimum Gasteiger partial charge on any atom is -0.507 e. The van der Waals surface area contributed by atoms with Crippen molar-refractivity contribution in [2.45, 2.75) is 6.29 Å². The largest absolute Gasteiger partial charge is 0.507 e. The van der Waals surface area contributed by atoms with E-state index in [2.05, 4.69) is 0 Å². The Kier molecular flexibility index (Phi) is 1.75. The summed E-state index contributed by atoms with van der Waals surface area (Å²) in [7, 11) is 0. The van der Waals surface area contributed by atoms with E-state index in [1.54, 1.807) is 0 Å². The normalized spacial score (nSPS) is 20.2. The molecule has 0 radical (unpaired) electrons. The molecular weight excluding hydrogens is 188 g/mol. The average Bonchev–Trinajstić information content (AvgIpc) is 2.14. The van der Waals surface area contributed by atoms with Gasteiger partial charge in [0.25, 0.3) is 6.29 Å². The SMILES string of the molecule is OC1=C(O)C(O)Oc2cccc(O)c21. The number of aliphatic hydroxyl groups excluding tert-OH is 3. The third-order valence-electron chi connectivity index (χ3n) is 1.96. The first-order valence-electron chi connectivity index (χ1n) is 3.90. The fraction of sp³-hybridized carbons (Fsp3) is 0.111. The van der Waals surface area contributed by atoms with Crippen LogP contribution in [0.2, 0.25) is 0 Å². The second-order valence-corrected chi connectivity index (χ2v) is 2.85. The lowest BCUT2D eigenvalue weighted by molar-refractivity contribution is -0.0218. The lowest BCUT2D eigenvalue weighted by Gasteiger charge is -2.22. The highest BCUT2D eigenvalue weighted by Gasteiger charge is 2.28. The van der Waals surface area contributed by atoms with E-state index in [9.17, 15) is 10.2 Å². The maximum absolute atomic E-state index is 9.41. The zero-order valence-electron chi connectivity index (χ0n) is 7.01. The molecule has 1 aliphatic rings. The van der Waals surface area contributed by atoms with Crippen molar-refractivity contribution >= 4 is 5.76 Å². The Labute approximate surface area is 79.1 Å². The highest BCUT2D eigenvalue weighted by molar-refractivity contribution is 5.73. The van der Waals surface area contributed by atoms with Crippen LogP contribution in [0, 0.1) is 0 Å². The van der Waals surface area contributed by atoms with Gasteiger partial charge in [0.2, 0.25) is 5.76 Å². The van der Waals surface area contributed by atoms with Gasteiger partial charge in [-0.15, -0.1) is 0 Å². The first-order valence-corrected chi connectivity index (χ1v) is 3.90. The van der Waals surface area contributed by atoms with E-state index in [1.807, 2.05) is 0 Å². The van der Waals surface area contributed by atoms with Crippen LogP contribution in [0.3, 0.4) is 0 Å². The molecule has 0 saturated heterocycles. The van der Waals surface area contributed by atoms with Crippen LogP contribution in [0.4, 0.5) is 0 Å². The van der Waals surface area contributed by atoms with Crippen LogP contribution in [-0.4, -0.2) is 26.7 Å². The minimum absolute atomic E-state index is 0.0182. The van der Waals surface area contributed by atoms with Gasteiger partial charge >= 0.3 is 0 Å². The fourth-order valence-electron chi connectivity index (χ4n) is 1.28. The third kappa shape index (κ3) is 1.06. The third-order valence-corrected chi connectivity index (χ3v) is 1.96. The van der Waals surface area contributed by atoms with Crippen molar-refractivity contribution in [1.29, 1.82) is 0 Å². The molecule has 14 heavy (non-hydrogen) atoms. The Hall–Kier alpha value is -1.88. The number of aromatic hydroxyl groups is 1. The molecule has 0 bridgehead atoms. The number of rotatable bonds is 0. The summed E-state index contributed by atoms with van der Waals surface area (Å²) in [4.78, 5) is 0. The Bertz CT molecular complexity index is 410. The van der Waals surface area contributed by atoms with E-state index >= 15 is 0 Å². The number of phenolic OH excluding ortho intramolecular Hbond substituents is 1. The van der Waals surface area contributed by atoms with E-state index in [-0.39, 0.29) is 17.1 Å². The molecule has 5 nitrogen and oxygen atoms in total. The van der Waals surface area contributed by atoms with E-state index in [0.717, 1.165) is 0 Å². The Morgan fingerprint density at radius 1 is 1.14 bits per heavy atom. The summed E-state index contributed by atoms with van der Waals surface area (Å²) in [6.45, 7) is 0. The zero-order valence-corrected chi connectivity index (χ0v) is 7.01. The van der Waals surface area contributed by atoms with Gasteiger partial charge in [-0.3, -0.25) is 0 Å². The molecule has 1 unspecified atom stereocenters. The molecule has 1 aromatic rings. The predicted molar refractivity (Wildman–Crippen MR) is 46.9 cm³/mol. The molecule has 1 aromatic carbocycles. The number of fused-ring (bicyclic) bond motifs is 1. The van der Waals surface area contributed by atoms with Crippen LogP contribution in [0.1, 0.15) is 5.56 Å².